The topological polar surface area (TPSA) is 49.6 Å². The lowest BCUT2D eigenvalue weighted by atomic mass is 9.99. The van der Waals surface area contributed by atoms with Gasteiger partial charge in [0.05, 0.1) is 5.92 Å². The van der Waals surface area contributed by atoms with Crippen LogP contribution in [-0.2, 0) is 4.79 Å². The number of carbonyl (C=O) groups is 1. The fourth-order valence-electron chi connectivity index (χ4n) is 3.42. The average molecular weight is 253 g/mol. The van der Waals surface area contributed by atoms with Crippen molar-refractivity contribution in [1.29, 1.82) is 0 Å². The maximum atomic E-state index is 12.5. The summed E-state index contributed by atoms with van der Waals surface area (Å²) >= 11 is 0. The molecule has 2 heterocycles. The average Bonchev–Trinajstić information content (AvgIpc) is 2.81. The highest BCUT2D eigenvalue weighted by molar-refractivity contribution is 5.79. The van der Waals surface area contributed by atoms with Crippen LogP contribution in [0.3, 0.4) is 0 Å². The van der Waals surface area contributed by atoms with Crippen molar-refractivity contribution < 1.29 is 4.79 Å². The van der Waals surface area contributed by atoms with Gasteiger partial charge in [0.2, 0.25) is 5.91 Å². The minimum atomic E-state index is 0.0328. The largest absolute Gasteiger partial charge is 0.337 e. The zero-order chi connectivity index (χ0) is 13.1. The first-order valence-electron chi connectivity index (χ1n) is 7.42. The Morgan fingerprint density at radius 3 is 2.89 bits per heavy atom. The third-order valence-corrected chi connectivity index (χ3v) is 4.49. The van der Waals surface area contributed by atoms with Gasteiger partial charge in [0.25, 0.3) is 0 Å². The molecule has 2 rings (SSSR count). The molecule has 18 heavy (non-hydrogen) atoms. The van der Waals surface area contributed by atoms with Gasteiger partial charge in [0.1, 0.15) is 0 Å². The first-order valence-corrected chi connectivity index (χ1v) is 7.42. The molecule has 4 nitrogen and oxygen atoms in total. The Morgan fingerprint density at radius 2 is 2.22 bits per heavy atom. The van der Waals surface area contributed by atoms with E-state index in [2.05, 4.69) is 23.6 Å². The van der Waals surface area contributed by atoms with Crippen LogP contribution in [0.4, 0.5) is 0 Å². The summed E-state index contributed by atoms with van der Waals surface area (Å²) in [5.74, 6) is 0.323. The van der Waals surface area contributed by atoms with Gasteiger partial charge in [-0.2, -0.15) is 0 Å². The molecule has 0 saturated carbocycles. The molecular weight excluding hydrogens is 226 g/mol. The second kappa shape index (κ2) is 6.02. The van der Waals surface area contributed by atoms with Crippen LogP contribution in [0.2, 0.25) is 0 Å². The zero-order valence-electron chi connectivity index (χ0n) is 11.8. The number of fused-ring (bicyclic) bond motifs is 1. The Morgan fingerprint density at radius 1 is 1.44 bits per heavy atom. The van der Waals surface area contributed by atoms with Crippen molar-refractivity contribution in [1.82, 2.24) is 9.80 Å². The van der Waals surface area contributed by atoms with Crippen LogP contribution in [0, 0.1) is 5.92 Å². The third kappa shape index (κ3) is 2.69. The summed E-state index contributed by atoms with van der Waals surface area (Å²) in [4.78, 5) is 17.2. The summed E-state index contributed by atoms with van der Waals surface area (Å²) in [6, 6.07) is 0.947. The van der Waals surface area contributed by atoms with E-state index in [4.69, 9.17) is 5.73 Å². The Labute approximate surface area is 110 Å². The number of hydrogen-bond donors (Lipinski definition) is 1. The first-order chi connectivity index (χ1) is 8.67. The number of rotatable bonds is 4. The van der Waals surface area contributed by atoms with E-state index in [1.807, 2.05) is 0 Å². The SMILES string of the molecule is CCCC(CN)C(=O)N1CC2CCCN2CC1C. The zero-order valence-corrected chi connectivity index (χ0v) is 11.8. The molecule has 2 fully saturated rings. The van der Waals surface area contributed by atoms with Crippen LogP contribution in [0.15, 0.2) is 0 Å². The van der Waals surface area contributed by atoms with E-state index in [1.54, 1.807) is 0 Å². The minimum absolute atomic E-state index is 0.0328. The van der Waals surface area contributed by atoms with Crippen molar-refractivity contribution in [3.8, 4) is 0 Å². The first kappa shape index (κ1) is 13.8. The van der Waals surface area contributed by atoms with Crippen molar-refractivity contribution in [2.24, 2.45) is 11.7 Å². The minimum Gasteiger partial charge on any atom is -0.337 e. The molecule has 104 valence electrons. The summed E-state index contributed by atoms with van der Waals surface area (Å²) in [5, 5.41) is 0. The smallest absolute Gasteiger partial charge is 0.227 e. The van der Waals surface area contributed by atoms with Crippen LogP contribution in [0.25, 0.3) is 0 Å². The van der Waals surface area contributed by atoms with Crippen LogP contribution in [0.1, 0.15) is 39.5 Å². The molecule has 0 aliphatic carbocycles. The molecule has 4 heteroatoms. The van der Waals surface area contributed by atoms with Gasteiger partial charge in [-0.1, -0.05) is 13.3 Å². The number of nitrogens with zero attached hydrogens (tertiary/aromatic N) is 2. The number of amides is 1. The van der Waals surface area contributed by atoms with Crippen LogP contribution in [0.5, 0.6) is 0 Å². The van der Waals surface area contributed by atoms with Gasteiger partial charge in [-0.05, 0) is 32.7 Å². The molecule has 2 aliphatic rings. The van der Waals surface area contributed by atoms with E-state index in [9.17, 15) is 4.79 Å². The predicted octanol–water partition coefficient (Wildman–Crippen LogP) is 1.06. The fourth-order valence-corrected chi connectivity index (χ4v) is 3.42. The lowest BCUT2D eigenvalue weighted by Gasteiger charge is -2.43. The van der Waals surface area contributed by atoms with Gasteiger partial charge in [0, 0.05) is 31.7 Å². The van der Waals surface area contributed by atoms with E-state index < -0.39 is 0 Å². The van der Waals surface area contributed by atoms with Crippen LogP contribution < -0.4 is 5.73 Å². The van der Waals surface area contributed by atoms with Crippen LogP contribution in [-0.4, -0.2) is 54.0 Å². The molecule has 0 aromatic rings. The van der Waals surface area contributed by atoms with Gasteiger partial charge in [-0.15, -0.1) is 0 Å². The Balaban J connectivity index is 2.00. The Kier molecular flexibility index (Phi) is 4.62. The second-order valence-corrected chi connectivity index (χ2v) is 5.85. The van der Waals surface area contributed by atoms with Gasteiger partial charge < -0.3 is 10.6 Å². The van der Waals surface area contributed by atoms with E-state index >= 15 is 0 Å². The van der Waals surface area contributed by atoms with E-state index in [0.717, 1.165) is 25.9 Å². The third-order valence-electron chi connectivity index (χ3n) is 4.49. The number of nitrogens with two attached hydrogens (primary N) is 1. The maximum Gasteiger partial charge on any atom is 0.227 e. The monoisotopic (exact) mass is 253 g/mol. The molecule has 0 radical (unpaired) electrons. The standard InChI is InChI=1S/C14H27N3O/c1-3-5-12(8-15)14(18)17-10-13-6-4-7-16(13)9-11(17)2/h11-13H,3-10,15H2,1-2H3. The highest BCUT2D eigenvalue weighted by atomic mass is 16.2. The molecular formula is C14H27N3O. The molecule has 0 bridgehead atoms. The molecule has 2 saturated heterocycles. The van der Waals surface area contributed by atoms with Gasteiger partial charge in [-0.3, -0.25) is 9.69 Å². The van der Waals surface area contributed by atoms with Crippen molar-refractivity contribution in [3.63, 3.8) is 0 Å². The van der Waals surface area contributed by atoms with Gasteiger partial charge in [-0.25, -0.2) is 0 Å². The highest BCUT2D eigenvalue weighted by Gasteiger charge is 2.37. The van der Waals surface area contributed by atoms with Crippen LogP contribution >= 0.6 is 0 Å². The Hall–Kier alpha value is -0.610. The summed E-state index contributed by atoms with van der Waals surface area (Å²) in [5.41, 5.74) is 5.76. The summed E-state index contributed by atoms with van der Waals surface area (Å²) in [7, 11) is 0. The van der Waals surface area contributed by atoms with Gasteiger partial charge >= 0.3 is 0 Å². The van der Waals surface area contributed by atoms with Gasteiger partial charge in [0.15, 0.2) is 0 Å². The van der Waals surface area contributed by atoms with Crippen molar-refractivity contribution in [3.05, 3.63) is 0 Å². The lowest BCUT2D eigenvalue weighted by molar-refractivity contribution is -0.141. The molecule has 0 aromatic heterocycles. The van der Waals surface area contributed by atoms with E-state index in [1.165, 1.54) is 19.4 Å². The quantitative estimate of drug-likeness (QED) is 0.815. The molecule has 1 amide bonds. The van der Waals surface area contributed by atoms with Crippen molar-refractivity contribution >= 4 is 5.91 Å². The highest BCUT2D eigenvalue weighted by Crippen LogP contribution is 2.26. The number of piperazine rings is 1. The molecule has 0 aromatic carbocycles. The van der Waals surface area contributed by atoms with Crippen molar-refractivity contribution in [2.45, 2.75) is 51.6 Å². The fraction of sp³-hybridized carbons (Fsp3) is 0.929. The maximum absolute atomic E-state index is 12.5. The number of hydrogen-bond acceptors (Lipinski definition) is 3. The van der Waals surface area contributed by atoms with E-state index in [-0.39, 0.29) is 5.92 Å². The molecule has 0 spiro atoms. The lowest BCUT2D eigenvalue weighted by Crippen LogP contribution is -2.58. The molecule has 3 atom stereocenters. The summed E-state index contributed by atoms with van der Waals surface area (Å²) in [6.45, 7) is 7.96. The number of carbonyl (C=O) groups excluding carboxylic acids is 1. The molecule has 2 N–H and O–H groups in total. The second-order valence-electron chi connectivity index (χ2n) is 5.85. The summed E-state index contributed by atoms with van der Waals surface area (Å²) in [6.07, 6.45) is 4.49. The molecule has 2 aliphatic heterocycles. The molecule has 3 unspecified atom stereocenters. The predicted molar refractivity (Wildman–Crippen MR) is 73.2 cm³/mol. The van der Waals surface area contributed by atoms with Crippen molar-refractivity contribution in [2.75, 3.05) is 26.2 Å². The summed E-state index contributed by atoms with van der Waals surface area (Å²) < 4.78 is 0. The normalized spacial score (nSPS) is 30.3. The Bertz CT molecular complexity index is 295. The van der Waals surface area contributed by atoms with E-state index in [0.29, 0.717) is 24.5 Å².